The van der Waals surface area contributed by atoms with Crippen LogP contribution in [0.1, 0.15) is 5.69 Å². The lowest BCUT2D eigenvalue weighted by Crippen LogP contribution is -2.71. The molecule has 5 N–H and O–H groups in total. The third kappa shape index (κ3) is 5.84. The van der Waals surface area contributed by atoms with E-state index in [0.717, 1.165) is 28.0 Å². The number of β-lactam (4-membered cyclic amide) rings is 1. The number of tetrazole rings is 1. The number of carboxylic acid groups (broad SMARTS) is 2. The van der Waals surface area contributed by atoms with Gasteiger partial charge >= 0.3 is 11.9 Å². The zero-order chi connectivity index (χ0) is 29.0. The molecule has 21 heteroatoms. The molecule has 2 aromatic heterocycles. The van der Waals surface area contributed by atoms with E-state index in [2.05, 4.69) is 41.0 Å². The summed E-state index contributed by atoms with van der Waals surface area (Å²) in [5, 5.41) is 41.2. The predicted octanol–water partition coefficient (Wildman–Crippen LogP) is -1.32. The maximum absolute atomic E-state index is 13.0. The van der Waals surface area contributed by atoms with Crippen molar-refractivity contribution in [2.24, 2.45) is 10.3 Å². The van der Waals surface area contributed by atoms with Crippen molar-refractivity contribution < 1.29 is 39.1 Å². The van der Waals surface area contributed by atoms with Crippen molar-refractivity contribution in [2.75, 3.05) is 31.5 Å². The monoisotopic (exact) mass is 612 g/mol. The summed E-state index contributed by atoms with van der Waals surface area (Å²) in [7, 11) is 2.44. The third-order valence-corrected chi connectivity index (χ3v) is 8.38. The van der Waals surface area contributed by atoms with Crippen LogP contribution < -0.4 is 11.1 Å². The van der Waals surface area contributed by atoms with Crippen molar-refractivity contribution in [1.29, 1.82) is 0 Å². The van der Waals surface area contributed by atoms with Crippen LogP contribution in [-0.4, -0.2) is 113 Å². The van der Waals surface area contributed by atoms with Crippen molar-refractivity contribution in [3.63, 3.8) is 0 Å². The van der Waals surface area contributed by atoms with Gasteiger partial charge in [-0.25, -0.2) is 19.3 Å². The molecule has 40 heavy (non-hydrogen) atoms. The van der Waals surface area contributed by atoms with Crippen molar-refractivity contribution in [3.8, 4) is 0 Å². The molecule has 0 aromatic carbocycles. The second-order valence-electron chi connectivity index (χ2n) is 7.75. The lowest BCUT2D eigenvalue weighted by molar-refractivity contribution is -0.150. The molecule has 0 saturated carbocycles. The van der Waals surface area contributed by atoms with Gasteiger partial charge in [0.25, 0.3) is 11.8 Å². The van der Waals surface area contributed by atoms with Gasteiger partial charge in [-0.3, -0.25) is 14.5 Å². The average molecular weight is 613 g/mol. The molecule has 0 radical (unpaired) electrons. The largest absolute Gasteiger partial charge is 0.477 e. The van der Waals surface area contributed by atoms with E-state index in [9.17, 15) is 29.4 Å². The molecule has 1 fully saturated rings. The number of nitrogens with zero attached hydrogens (tertiary/aromatic N) is 8. The van der Waals surface area contributed by atoms with Gasteiger partial charge in [-0.1, -0.05) is 22.1 Å². The molecule has 4 heterocycles. The fraction of sp³-hybridized carbons (Fsp3) is 0.368. The summed E-state index contributed by atoms with van der Waals surface area (Å²) >= 11 is 3.41. The third-order valence-electron chi connectivity index (χ3n) is 5.32. The van der Waals surface area contributed by atoms with E-state index in [4.69, 9.17) is 10.6 Å². The number of nitrogens with one attached hydrogen (secondary N) is 1. The Hall–Kier alpha value is -4.24. The van der Waals surface area contributed by atoms with Crippen molar-refractivity contribution in [2.45, 2.75) is 23.1 Å². The number of anilines is 1. The standard InChI is InChI=1S/C19H20N10O8S3/c1-36-24-8(16(32)33)3-28-19(23-26-27-28)40-5-7-4-38-15-11(14(31)29(15)12(7)17(34)35)22-13(30)10(25-37-2)9-6-39-18(20)21-9/h6,11,15H,3-5H2,1-2H3,(H2,20,21)(H,22,30)(H,32,33)(H,34,35)/b24-8+,25-10+/t11?,15-/m1/s1. The summed E-state index contributed by atoms with van der Waals surface area (Å²) in [4.78, 5) is 63.8. The van der Waals surface area contributed by atoms with Gasteiger partial charge in [0, 0.05) is 16.9 Å². The number of nitrogen functional groups attached to an aromatic ring is 1. The van der Waals surface area contributed by atoms with Gasteiger partial charge in [0.2, 0.25) is 5.16 Å². The second-order valence-corrected chi connectivity index (χ2v) is 10.7. The molecule has 2 atom stereocenters. The number of carboxylic acids is 2. The quantitative estimate of drug-likeness (QED) is 0.0939. The summed E-state index contributed by atoms with van der Waals surface area (Å²) in [5.41, 5.74) is 5.46. The normalized spacial score (nSPS) is 19.1. The minimum atomic E-state index is -1.33. The number of carbonyl (C=O) groups is 4. The van der Waals surface area contributed by atoms with Crippen molar-refractivity contribution in [1.82, 2.24) is 35.4 Å². The van der Waals surface area contributed by atoms with Crippen LogP contribution in [0.5, 0.6) is 0 Å². The Morgan fingerprint density at radius 2 is 2.02 bits per heavy atom. The van der Waals surface area contributed by atoms with Crippen molar-refractivity contribution in [3.05, 3.63) is 22.3 Å². The lowest BCUT2D eigenvalue weighted by Gasteiger charge is -2.49. The van der Waals surface area contributed by atoms with E-state index in [1.165, 1.54) is 36.0 Å². The SMILES string of the molecule is CO/N=C(\Cn1nnnc1SCC1=C(C(=O)O)N2C(=O)C(NC(=O)/C(=N/OC)c3csc(N)n3)[C@H]2SC1)C(=O)O. The zero-order valence-corrected chi connectivity index (χ0v) is 23.0. The average Bonchev–Trinajstić information content (AvgIpc) is 3.56. The van der Waals surface area contributed by atoms with E-state index >= 15 is 0 Å². The number of carbonyl (C=O) groups excluding carboxylic acids is 2. The number of nitrogens with two attached hydrogens (primary N) is 1. The fourth-order valence-corrected chi connectivity index (χ4v) is 6.54. The number of hydrogen-bond acceptors (Lipinski definition) is 16. The first-order valence-electron chi connectivity index (χ1n) is 10.9. The Kier molecular flexibility index (Phi) is 8.84. The molecule has 2 aromatic rings. The molecular weight excluding hydrogens is 592 g/mol. The number of aliphatic carboxylic acids is 2. The van der Waals surface area contributed by atoms with Crippen LogP contribution in [0.4, 0.5) is 5.13 Å². The summed E-state index contributed by atoms with van der Waals surface area (Å²) in [5.74, 6) is -3.69. The number of fused-ring (bicyclic) bond motifs is 1. The Bertz CT molecular complexity index is 1440. The van der Waals surface area contributed by atoms with Gasteiger partial charge in [-0.05, 0) is 16.0 Å². The second kappa shape index (κ2) is 12.3. The van der Waals surface area contributed by atoms with Gasteiger partial charge in [-0.15, -0.1) is 28.2 Å². The summed E-state index contributed by atoms with van der Waals surface area (Å²) in [6.07, 6.45) is 0. The summed E-state index contributed by atoms with van der Waals surface area (Å²) in [6.45, 7) is -0.298. The zero-order valence-electron chi connectivity index (χ0n) is 20.6. The molecule has 2 aliphatic heterocycles. The molecular formula is C19H20N10O8S3. The van der Waals surface area contributed by atoms with E-state index in [1.54, 1.807) is 0 Å². The number of hydrogen-bond donors (Lipinski definition) is 4. The molecule has 0 spiro atoms. The number of thioether (sulfide) groups is 2. The molecule has 0 bridgehead atoms. The van der Waals surface area contributed by atoms with E-state index in [0.29, 0.717) is 5.57 Å². The molecule has 2 amide bonds. The van der Waals surface area contributed by atoms with Crippen LogP contribution in [0.25, 0.3) is 0 Å². The highest BCUT2D eigenvalue weighted by Gasteiger charge is 2.54. The highest BCUT2D eigenvalue weighted by Crippen LogP contribution is 2.41. The first-order chi connectivity index (χ1) is 19.2. The Morgan fingerprint density at radius 1 is 1.27 bits per heavy atom. The highest BCUT2D eigenvalue weighted by molar-refractivity contribution is 8.01. The molecule has 18 nitrogen and oxygen atoms in total. The van der Waals surface area contributed by atoms with E-state index in [1.807, 2.05) is 0 Å². The Labute approximate surface area is 236 Å². The van der Waals surface area contributed by atoms with Gasteiger partial charge in [0.15, 0.2) is 16.6 Å². The number of oxime groups is 2. The smallest absolute Gasteiger partial charge is 0.355 e. The molecule has 0 aliphatic carbocycles. The Morgan fingerprint density at radius 3 is 2.65 bits per heavy atom. The Balaban J connectivity index is 1.47. The number of aromatic nitrogens is 5. The number of rotatable bonds is 12. The minimum absolute atomic E-state index is 0.0856. The minimum Gasteiger partial charge on any atom is -0.477 e. The van der Waals surface area contributed by atoms with Gasteiger partial charge in [0.1, 0.15) is 37.0 Å². The molecule has 212 valence electrons. The van der Waals surface area contributed by atoms with E-state index < -0.39 is 35.2 Å². The molecule has 1 unspecified atom stereocenters. The first kappa shape index (κ1) is 28.8. The number of amides is 2. The van der Waals surface area contributed by atoms with E-state index in [-0.39, 0.29) is 51.2 Å². The molecule has 1 saturated heterocycles. The van der Waals surface area contributed by atoms with Gasteiger partial charge in [0.05, 0.1) is 6.54 Å². The van der Waals surface area contributed by atoms with Crippen LogP contribution in [0.15, 0.2) is 32.1 Å². The molecule has 2 aliphatic rings. The van der Waals surface area contributed by atoms with Crippen LogP contribution in [0.3, 0.4) is 0 Å². The summed E-state index contributed by atoms with van der Waals surface area (Å²) in [6, 6.07) is -1.01. The maximum Gasteiger partial charge on any atom is 0.355 e. The predicted molar refractivity (Wildman–Crippen MR) is 140 cm³/mol. The molecule has 4 rings (SSSR count). The van der Waals surface area contributed by atoms with Gasteiger partial charge < -0.3 is 30.9 Å². The van der Waals surface area contributed by atoms with Crippen LogP contribution in [-0.2, 0) is 35.4 Å². The topological polar surface area (TPSA) is 250 Å². The fourth-order valence-electron chi connectivity index (χ4n) is 3.63. The van der Waals surface area contributed by atoms with Crippen LogP contribution >= 0.6 is 34.9 Å². The van der Waals surface area contributed by atoms with Crippen LogP contribution in [0.2, 0.25) is 0 Å². The first-order valence-corrected chi connectivity index (χ1v) is 13.8. The maximum atomic E-state index is 13.0. The van der Waals surface area contributed by atoms with Gasteiger partial charge in [-0.2, -0.15) is 0 Å². The van der Waals surface area contributed by atoms with Crippen molar-refractivity contribution >= 4 is 75.2 Å². The highest BCUT2D eigenvalue weighted by atomic mass is 32.2. The summed E-state index contributed by atoms with van der Waals surface area (Å²) < 4.78 is 1.17. The lowest BCUT2D eigenvalue weighted by atomic mass is 10.0. The number of thiazole rings is 1. The van der Waals surface area contributed by atoms with Crippen LogP contribution in [0, 0.1) is 0 Å².